The van der Waals surface area contributed by atoms with E-state index in [2.05, 4.69) is 59.0 Å². The number of H-pyrrole nitrogens is 2. The molecule has 1 aromatic carbocycles. The van der Waals surface area contributed by atoms with Gasteiger partial charge in [0.25, 0.3) is 0 Å². The van der Waals surface area contributed by atoms with Gasteiger partial charge in [-0.05, 0) is 5.30 Å². The summed E-state index contributed by atoms with van der Waals surface area (Å²) in [5, 5.41) is 3.85. The van der Waals surface area contributed by atoms with E-state index in [4.69, 9.17) is 11.8 Å². The van der Waals surface area contributed by atoms with Gasteiger partial charge in [0.15, 0.2) is 0 Å². The molecule has 1 aliphatic heterocycles. The van der Waals surface area contributed by atoms with Crippen LogP contribution in [0.15, 0.2) is 55.1 Å². The van der Waals surface area contributed by atoms with Crippen molar-refractivity contribution in [3.05, 3.63) is 55.1 Å². The molecular weight excluding hydrogens is 259 g/mol. The Bertz CT molecular complexity index is 726. The van der Waals surface area contributed by atoms with Gasteiger partial charge in [-0.25, -0.2) is 0 Å². The molecule has 2 N–H and O–H groups in total. The van der Waals surface area contributed by atoms with E-state index in [1.54, 1.807) is 0 Å². The maximum absolute atomic E-state index is 6.12. The Morgan fingerprint density at radius 2 is 1.33 bits per heavy atom. The SMILES string of the molecule is S=P1(c2ccccc2)c2c[nH]cc2-c2c[nH]cc21. The van der Waals surface area contributed by atoms with E-state index in [9.17, 15) is 0 Å². The first-order valence-electron chi connectivity index (χ1n) is 5.82. The van der Waals surface area contributed by atoms with Crippen LogP contribution < -0.4 is 15.9 Å². The zero-order chi connectivity index (χ0) is 12.2. The van der Waals surface area contributed by atoms with Crippen molar-refractivity contribution in [3.63, 3.8) is 0 Å². The highest BCUT2D eigenvalue weighted by Gasteiger charge is 2.37. The van der Waals surface area contributed by atoms with Gasteiger partial charge in [-0.3, -0.25) is 0 Å². The number of nitrogens with one attached hydrogen (secondary N) is 2. The Morgan fingerprint density at radius 3 is 1.89 bits per heavy atom. The number of hydrogen-bond acceptors (Lipinski definition) is 1. The first kappa shape index (κ1) is 10.4. The van der Waals surface area contributed by atoms with Crippen LogP contribution in [-0.2, 0) is 11.8 Å². The van der Waals surface area contributed by atoms with E-state index in [0.29, 0.717) is 0 Å². The minimum absolute atomic E-state index is 1.26. The molecule has 0 atom stereocenters. The second-order valence-corrected chi connectivity index (χ2v) is 8.80. The van der Waals surface area contributed by atoms with Crippen LogP contribution in [0.1, 0.15) is 0 Å². The summed E-state index contributed by atoms with van der Waals surface area (Å²) in [5.41, 5.74) is 2.52. The van der Waals surface area contributed by atoms with Gasteiger partial charge in [-0.15, -0.1) is 0 Å². The predicted octanol–water partition coefficient (Wildman–Crippen LogP) is 2.08. The largest absolute Gasteiger partial charge is 0.366 e. The van der Waals surface area contributed by atoms with E-state index >= 15 is 0 Å². The van der Waals surface area contributed by atoms with Crippen LogP contribution in [0, 0.1) is 0 Å². The highest BCUT2D eigenvalue weighted by Crippen LogP contribution is 2.52. The minimum atomic E-state index is -1.84. The lowest BCUT2D eigenvalue weighted by atomic mass is 10.2. The first-order valence-corrected chi connectivity index (χ1v) is 8.63. The topological polar surface area (TPSA) is 31.6 Å². The van der Waals surface area contributed by atoms with Crippen molar-refractivity contribution in [2.75, 3.05) is 0 Å². The summed E-state index contributed by atoms with van der Waals surface area (Å²) in [7, 11) is 0. The van der Waals surface area contributed by atoms with Gasteiger partial charge in [0.1, 0.15) is 0 Å². The molecule has 88 valence electrons. The summed E-state index contributed by atoms with van der Waals surface area (Å²) in [6, 6.07) is 8.65. The lowest BCUT2D eigenvalue weighted by Crippen LogP contribution is -2.19. The predicted molar refractivity (Wildman–Crippen MR) is 80.2 cm³/mol. The van der Waals surface area contributed by atoms with Gasteiger partial charge in [0.2, 0.25) is 0 Å². The summed E-state index contributed by atoms with van der Waals surface area (Å²) >= 11 is 6.12. The number of aromatic amines is 2. The summed E-state index contributed by atoms with van der Waals surface area (Å²) in [6.07, 6.45) is 8.25. The van der Waals surface area contributed by atoms with Gasteiger partial charge in [0, 0.05) is 52.6 Å². The highest BCUT2D eigenvalue weighted by molar-refractivity contribution is 8.26. The second-order valence-electron chi connectivity index (χ2n) is 4.45. The van der Waals surface area contributed by atoms with Crippen LogP contribution in [0.3, 0.4) is 0 Å². The van der Waals surface area contributed by atoms with Gasteiger partial charge < -0.3 is 9.97 Å². The molecule has 0 spiro atoms. The van der Waals surface area contributed by atoms with E-state index < -0.39 is 6.04 Å². The van der Waals surface area contributed by atoms with E-state index in [0.717, 1.165) is 0 Å². The second kappa shape index (κ2) is 3.47. The van der Waals surface area contributed by atoms with Crippen molar-refractivity contribution in [2.45, 2.75) is 0 Å². The standard InChI is InChI=1S/C14H11N2PS/c18-17(10-4-2-1-3-5-10)13-8-15-6-11(13)12-7-16-9-14(12)17/h1-9,15-16H. The molecule has 0 radical (unpaired) electrons. The normalized spacial score (nSPS) is 15.3. The van der Waals surface area contributed by atoms with Crippen LogP contribution in [0.25, 0.3) is 11.1 Å². The molecule has 1 aliphatic rings. The molecule has 2 nitrogen and oxygen atoms in total. The summed E-state index contributed by atoms with van der Waals surface area (Å²) in [6.45, 7) is 0. The molecule has 4 rings (SSSR count). The molecule has 4 heteroatoms. The molecule has 2 aromatic heterocycles. The third kappa shape index (κ3) is 1.11. The summed E-state index contributed by atoms with van der Waals surface area (Å²) in [4.78, 5) is 6.41. The van der Waals surface area contributed by atoms with Gasteiger partial charge in [-0.2, -0.15) is 0 Å². The molecule has 0 bridgehead atoms. The molecule has 0 unspecified atom stereocenters. The molecule has 0 saturated heterocycles. The van der Waals surface area contributed by atoms with Crippen molar-refractivity contribution < 1.29 is 0 Å². The maximum Gasteiger partial charge on any atom is 0.0421 e. The Morgan fingerprint density at radius 1 is 0.778 bits per heavy atom. The molecule has 0 amide bonds. The lowest BCUT2D eigenvalue weighted by Gasteiger charge is -2.17. The fourth-order valence-corrected chi connectivity index (χ4v) is 6.95. The van der Waals surface area contributed by atoms with E-state index in [-0.39, 0.29) is 0 Å². The van der Waals surface area contributed by atoms with Crippen molar-refractivity contribution in [1.82, 2.24) is 9.97 Å². The third-order valence-corrected chi connectivity index (χ3v) is 8.47. The Hall–Kier alpha value is -1.57. The fraction of sp³-hybridized carbons (Fsp3) is 0. The summed E-state index contributed by atoms with van der Waals surface area (Å²) in [5.74, 6) is 0. The molecule has 3 heterocycles. The molecule has 0 saturated carbocycles. The monoisotopic (exact) mass is 270 g/mol. The minimum Gasteiger partial charge on any atom is -0.366 e. The number of rotatable bonds is 1. The molecule has 18 heavy (non-hydrogen) atoms. The van der Waals surface area contributed by atoms with E-state index in [1.165, 1.54) is 27.0 Å². The highest BCUT2D eigenvalue weighted by atomic mass is 32.4. The van der Waals surface area contributed by atoms with Gasteiger partial charge in [0.05, 0.1) is 0 Å². The zero-order valence-electron chi connectivity index (χ0n) is 9.55. The van der Waals surface area contributed by atoms with Crippen LogP contribution in [0.2, 0.25) is 0 Å². The maximum atomic E-state index is 6.12. The number of benzene rings is 1. The van der Waals surface area contributed by atoms with Crippen LogP contribution in [-0.4, -0.2) is 9.97 Å². The van der Waals surface area contributed by atoms with Crippen LogP contribution >= 0.6 is 6.04 Å². The first-order chi connectivity index (χ1) is 8.82. The number of hydrogen-bond donors (Lipinski definition) is 2. The van der Waals surface area contributed by atoms with Crippen molar-refractivity contribution in [1.29, 1.82) is 0 Å². The molecular formula is C14H11N2PS. The van der Waals surface area contributed by atoms with Crippen molar-refractivity contribution >= 4 is 33.8 Å². The number of aromatic nitrogens is 2. The Labute approximate surface area is 110 Å². The van der Waals surface area contributed by atoms with Crippen molar-refractivity contribution in [2.24, 2.45) is 0 Å². The summed E-state index contributed by atoms with van der Waals surface area (Å²) < 4.78 is 0. The van der Waals surface area contributed by atoms with Gasteiger partial charge >= 0.3 is 0 Å². The van der Waals surface area contributed by atoms with Crippen LogP contribution in [0.5, 0.6) is 0 Å². The lowest BCUT2D eigenvalue weighted by molar-refractivity contribution is 1.41. The smallest absolute Gasteiger partial charge is 0.0421 e. The molecule has 0 aliphatic carbocycles. The average molecular weight is 270 g/mol. The van der Waals surface area contributed by atoms with Crippen LogP contribution in [0.4, 0.5) is 0 Å². The van der Waals surface area contributed by atoms with Gasteiger partial charge in [-0.1, -0.05) is 42.1 Å². The average Bonchev–Trinajstić information content (AvgIpc) is 3.09. The third-order valence-electron chi connectivity index (χ3n) is 3.54. The Kier molecular flexibility index (Phi) is 2.00. The quantitative estimate of drug-likeness (QED) is 0.510. The van der Waals surface area contributed by atoms with E-state index in [1.807, 2.05) is 6.07 Å². The molecule has 3 aromatic rings. The number of fused-ring (bicyclic) bond motifs is 3. The molecule has 0 fully saturated rings. The Balaban J connectivity index is 2.12. The van der Waals surface area contributed by atoms with Crippen molar-refractivity contribution in [3.8, 4) is 11.1 Å². The fourth-order valence-electron chi connectivity index (χ4n) is 2.71. The zero-order valence-corrected chi connectivity index (χ0v) is 11.3.